The topological polar surface area (TPSA) is 216 Å². The highest BCUT2D eigenvalue weighted by molar-refractivity contribution is 5.81. The number of hydrogen-bond donors (Lipinski definition) is 1. The van der Waals surface area contributed by atoms with Crippen molar-refractivity contribution in [3.8, 4) is 0 Å². The molecule has 0 saturated carbocycles. The highest BCUT2D eigenvalue weighted by atomic mass is 16.7. The van der Waals surface area contributed by atoms with Crippen LogP contribution in [0.5, 0.6) is 0 Å². The Morgan fingerprint density at radius 2 is 1.52 bits per heavy atom. The number of azide groups is 2. The Labute approximate surface area is 269 Å². The monoisotopic (exact) mass is 652 g/mol. The fourth-order valence-electron chi connectivity index (χ4n) is 6.66. The first-order valence-corrected chi connectivity index (χ1v) is 15.8. The van der Waals surface area contributed by atoms with Gasteiger partial charge in [-0.15, -0.1) is 0 Å². The van der Waals surface area contributed by atoms with Crippen LogP contribution in [0.2, 0.25) is 0 Å². The summed E-state index contributed by atoms with van der Waals surface area (Å²) in [5.74, 6) is -1.67. The van der Waals surface area contributed by atoms with Crippen molar-refractivity contribution in [2.75, 3.05) is 13.2 Å². The van der Waals surface area contributed by atoms with Crippen LogP contribution in [0.1, 0.15) is 61.3 Å². The molecule has 0 aromatic carbocycles. The maximum atomic E-state index is 13.1. The molecule has 46 heavy (non-hydrogen) atoms. The van der Waals surface area contributed by atoms with E-state index < -0.39 is 73.1 Å². The highest BCUT2D eigenvalue weighted by Gasteiger charge is 2.52. The summed E-state index contributed by atoms with van der Waals surface area (Å²) in [4.78, 5) is 29.8. The molecule has 16 heteroatoms. The quantitative estimate of drug-likeness (QED) is 0.0855. The molecular weight excluding hydrogens is 604 g/mol. The van der Waals surface area contributed by atoms with Gasteiger partial charge >= 0.3 is 0 Å². The minimum atomic E-state index is -1.32. The Morgan fingerprint density at radius 1 is 0.891 bits per heavy atom. The number of ether oxygens (including phenoxy) is 7. The third-order valence-corrected chi connectivity index (χ3v) is 9.64. The van der Waals surface area contributed by atoms with E-state index in [0.717, 1.165) is 0 Å². The molecule has 5 unspecified atom stereocenters. The molecule has 3 saturated heterocycles. The van der Waals surface area contributed by atoms with Gasteiger partial charge in [0.2, 0.25) is 0 Å². The number of ketones is 1. The lowest BCUT2D eigenvalue weighted by Crippen LogP contribution is -2.61. The maximum Gasteiger partial charge on any atom is 0.298 e. The molecule has 0 radical (unpaired) electrons. The van der Waals surface area contributed by atoms with Crippen molar-refractivity contribution in [3.05, 3.63) is 33.2 Å². The molecular formula is C30H48N6O10. The van der Waals surface area contributed by atoms with E-state index in [1.54, 1.807) is 6.92 Å². The van der Waals surface area contributed by atoms with Gasteiger partial charge in [-0.25, -0.2) is 0 Å². The third-order valence-electron chi connectivity index (χ3n) is 9.64. The highest BCUT2D eigenvalue weighted by Crippen LogP contribution is 2.41. The second-order valence-corrected chi connectivity index (χ2v) is 12.4. The molecule has 258 valence electrons. The molecule has 0 aliphatic carbocycles. The van der Waals surface area contributed by atoms with Crippen molar-refractivity contribution in [2.45, 2.75) is 123 Å². The fraction of sp³-hybridized carbons (Fsp3) is 0.867. The Kier molecular flexibility index (Phi) is 14.2. The first kappa shape index (κ1) is 37.7. The van der Waals surface area contributed by atoms with Gasteiger partial charge in [-0.1, -0.05) is 58.3 Å². The molecule has 15 atom stereocenters. The minimum absolute atomic E-state index is 0.0228. The summed E-state index contributed by atoms with van der Waals surface area (Å²) in [5, 5.41) is 18.2. The molecule has 0 amide bonds. The number of carbonyl (C=O) groups excluding carboxylic acids is 2. The van der Waals surface area contributed by atoms with E-state index in [2.05, 4.69) is 26.6 Å². The van der Waals surface area contributed by atoms with Gasteiger partial charge in [0.15, 0.2) is 24.7 Å². The van der Waals surface area contributed by atoms with Crippen LogP contribution in [-0.2, 0) is 42.7 Å². The van der Waals surface area contributed by atoms with Crippen LogP contribution in [0, 0.1) is 29.6 Å². The van der Waals surface area contributed by atoms with E-state index in [1.165, 1.54) is 6.92 Å². The minimum Gasteiger partial charge on any atom is -0.431 e. The Balaban J connectivity index is 1.96. The summed E-state index contributed by atoms with van der Waals surface area (Å²) in [5.41, 5.74) is 18.4. The third kappa shape index (κ3) is 8.57. The number of hydrogen-bond acceptors (Lipinski definition) is 12. The summed E-state index contributed by atoms with van der Waals surface area (Å²) >= 11 is 0. The standard InChI is InChI=1S/C30H48N6O10/c1-9-21-15(4)16(5)24(34-36-32)30(43-21)45-26-17(6)20(12-40-11-14(3)41-13-37)29(46-27(26)19(8)38)44-25-18(7)23(33-35-31)28(39)42-22(25)10-2/h13,15-18,20-30,39H,3,9-12H2,1-2,4-8H3/t15-,16?,17?,18?,20-,21?,22?,23-,24-,25-,26-,27-,28+,29+,30+/m0/s1. The van der Waals surface area contributed by atoms with E-state index in [1.807, 2.05) is 34.6 Å². The molecule has 0 spiro atoms. The molecule has 0 aromatic heterocycles. The van der Waals surface area contributed by atoms with Crippen LogP contribution in [-0.4, -0.2) is 92.0 Å². The van der Waals surface area contributed by atoms with E-state index in [0.29, 0.717) is 12.8 Å². The summed E-state index contributed by atoms with van der Waals surface area (Å²) in [6, 6.07) is -1.57. The van der Waals surface area contributed by atoms with Crippen molar-refractivity contribution in [1.29, 1.82) is 0 Å². The predicted molar refractivity (Wildman–Crippen MR) is 162 cm³/mol. The van der Waals surface area contributed by atoms with Gasteiger partial charge in [0.25, 0.3) is 6.47 Å². The summed E-state index contributed by atoms with van der Waals surface area (Å²) < 4.78 is 42.2. The lowest BCUT2D eigenvalue weighted by Gasteiger charge is -2.50. The zero-order valence-corrected chi connectivity index (χ0v) is 27.6. The van der Waals surface area contributed by atoms with Crippen LogP contribution < -0.4 is 0 Å². The molecule has 16 nitrogen and oxygen atoms in total. The fourth-order valence-corrected chi connectivity index (χ4v) is 6.66. The van der Waals surface area contributed by atoms with Gasteiger partial charge in [0.05, 0.1) is 43.1 Å². The average Bonchev–Trinajstić information content (AvgIpc) is 3.02. The zero-order valence-electron chi connectivity index (χ0n) is 27.6. The van der Waals surface area contributed by atoms with Crippen LogP contribution in [0.15, 0.2) is 22.6 Å². The molecule has 3 rings (SSSR count). The van der Waals surface area contributed by atoms with Crippen molar-refractivity contribution in [1.82, 2.24) is 0 Å². The van der Waals surface area contributed by atoms with Gasteiger partial charge in [0, 0.05) is 15.7 Å². The molecule has 1 N–H and O–H groups in total. The van der Waals surface area contributed by atoms with Crippen LogP contribution in [0.25, 0.3) is 20.9 Å². The molecule has 3 fully saturated rings. The second kappa shape index (κ2) is 17.4. The van der Waals surface area contributed by atoms with Gasteiger partial charge in [-0.3, -0.25) is 9.59 Å². The smallest absolute Gasteiger partial charge is 0.298 e. The molecule has 3 aliphatic heterocycles. The summed E-state index contributed by atoms with van der Waals surface area (Å²) in [7, 11) is 0. The number of Topliss-reactive ketones (excluding diaryl/α,β-unsaturated/α-hetero) is 1. The second-order valence-electron chi connectivity index (χ2n) is 12.4. The van der Waals surface area contributed by atoms with Gasteiger partial charge in [-0.2, -0.15) is 0 Å². The van der Waals surface area contributed by atoms with E-state index in [4.69, 9.17) is 38.7 Å². The van der Waals surface area contributed by atoms with Crippen LogP contribution in [0.4, 0.5) is 0 Å². The Morgan fingerprint density at radius 3 is 2.11 bits per heavy atom. The van der Waals surface area contributed by atoms with Crippen molar-refractivity contribution in [3.63, 3.8) is 0 Å². The molecule has 0 aromatic rings. The van der Waals surface area contributed by atoms with E-state index >= 15 is 0 Å². The first-order valence-electron chi connectivity index (χ1n) is 15.8. The normalized spacial score (nSPS) is 41.0. The van der Waals surface area contributed by atoms with Gasteiger partial charge < -0.3 is 38.3 Å². The molecule has 3 aliphatic rings. The first-order chi connectivity index (χ1) is 21.9. The number of carbonyl (C=O) groups is 2. The lowest BCUT2D eigenvalue weighted by atomic mass is 9.80. The molecule has 3 heterocycles. The van der Waals surface area contributed by atoms with Crippen molar-refractivity contribution >= 4 is 12.3 Å². The summed E-state index contributed by atoms with van der Waals surface area (Å²) in [6.07, 6.45) is -5.45. The van der Waals surface area contributed by atoms with E-state index in [-0.39, 0.29) is 49.2 Å². The SMILES string of the molecule is C=C(COC[C@H]1C(C)[C@H](O[C@H]2OC(CC)[C@@H](C)C(C)[C@@H]2N=[N+]=[N-])[C@H](C(C)=O)O[C@H]1O[C@@H]1C(CC)O[C@@H](O)[C@@H](N=[N+]=[N-])C1C)OC=O. The Hall–Kier alpha value is -2.78. The lowest BCUT2D eigenvalue weighted by molar-refractivity contribution is -0.338. The zero-order chi connectivity index (χ0) is 34.1. The number of aliphatic hydroxyl groups is 1. The van der Waals surface area contributed by atoms with Crippen molar-refractivity contribution < 1.29 is 47.9 Å². The average molecular weight is 653 g/mol. The van der Waals surface area contributed by atoms with Crippen LogP contribution >= 0.6 is 0 Å². The predicted octanol–water partition coefficient (Wildman–Crippen LogP) is 4.55. The number of nitrogens with zero attached hydrogens (tertiary/aromatic N) is 6. The number of rotatable bonds is 15. The summed E-state index contributed by atoms with van der Waals surface area (Å²) in [6.45, 7) is 16.8. The largest absolute Gasteiger partial charge is 0.431 e. The van der Waals surface area contributed by atoms with E-state index in [9.17, 15) is 20.2 Å². The van der Waals surface area contributed by atoms with Crippen LogP contribution in [0.3, 0.4) is 0 Å². The van der Waals surface area contributed by atoms with Gasteiger partial charge in [0.1, 0.15) is 18.5 Å². The molecule has 0 bridgehead atoms. The maximum absolute atomic E-state index is 13.1. The number of aliphatic hydroxyl groups excluding tert-OH is 1. The Bertz CT molecular complexity index is 1150. The van der Waals surface area contributed by atoms with Crippen molar-refractivity contribution in [2.24, 2.45) is 39.8 Å². The van der Waals surface area contributed by atoms with Gasteiger partial charge in [-0.05, 0) is 54.5 Å².